The van der Waals surface area contributed by atoms with Crippen LogP contribution in [0.4, 0.5) is 0 Å². The first-order chi connectivity index (χ1) is 4.79. The summed E-state index contributed by atoms with van der Waals surface area (Å²) in [5.74, 6) is 0.227. The molecule has 1 unspecified atom stereocenters. The fraction of sp³-hybridized carbons (Fsp3) is 0.857. The summed E-state index contributed by atoms with van der Waals surface area (Å²) in [7, 11) is 0. The number of fused-ring (bicyclic) bond motifs is 1. The van der Waals surface area contributed by atoms with Crippen LogP contribution in [0.2, 0.25) is 0 Å². The Labute approximate surface area is 60.4 Å². The SMILES string of the molecule is C[C@@H]1NC(=O)C2CCCN21. The zero-order valence-corrected chi connectivity index (χ0v) is 6.13. The maximum absolute atomic E-state index is 11.1. The van der Waals surface area contributed by atoms with Crippen molar-refractivity contribution in [2.24, 2.45) is 0 Å². The van der Waals surface area contributed by atoms with Gasteiger partial charge in [-0.2, -0.15) is 0 Å². The van der Waals surface area contributed by atoms with Gasteiger partial charge in [-0.05, 0) is 19.8 Å². The lowest BCUT2D eigenvalue weighted by atomic mass is 10.2. The van der Waals surface area contributed by atoms with Crippen molar-refractivity contribution < 1.29 is 4.79 Å². The van der Waals surface area contributed by atoms with Crippen LogP contribution < -0.4 is 5.32 Å². The number of carbonyl (C=O) groups is 1. The van der Waals surface area contributed by atoms with E-state index in [2.05, 4.69) is 10.2 Å². The fourth-order valence-corrected chi connectivity index (χ4v) is 1.92. The molecule has 2 saturated heterocycles. The zero-order valence-electron chi connectivity index (χ0n) is 6.13. The summed E-state index contributed by atoms with van der Waals surface area (Å²) in [6.45, 7) is 3.13. The van der Waals surface area contributed by atoms with Crippen LogP contribution in [-0.4, -0.2) is 29.6 Å². The summed E-state index contributed by atoms with van der Waals surface area (Å²) in [5.41, 5.74) is 0. The minimum atomic E-state index is 0.204. The van der Waals surface area contributed by atoms with Crippen LogP contribution in [0.15, 0.2) is 0 Å². The van der Waals surface area contributed by atoms with Crippen molar-refractivity contribution in [3.8, 4) is 0 Å². The van der Waals surface area contributed by atoms with Crippen LogP contribution in [0, 0.1) is 0 Å². The largest absolute Gasteiger partial charge is 0.339 e. The van der Waals surface area contributed by atoms with Gasteiger partial charge >= 0.3 is 0 Å². The third kappa shape index (κ3) is 0.669. The second kappa shape index (κ2) is 1.95. The lowest BCUT2D eigenvalue weighted by Crippen LogP contribution is -2.32. The predicted molar refractivity (Wildman–Crippen MR) is 37.3 cm³/mol. The number of rotatable bonds is 0. The average Bonchev–Trinajstić information content (AvgIpc) is 2.39. The first-order valence-electron chi connectivity index (χ1n) is 3.85. The molecule has 0 aliphatic carbocycles. The topological polar surface area (TPSA) is 32.3 Å². The van der Waals surface area contributed by atoms with Gasteiger partial charge in [0.25, 0.3) is 0 Å². The van der Waals surface area contributed by atoms with E-state index in [4.69, 9.17) is 0 Å². The molecule has 3 nitrogen and oxygen atoms in total. The van der Waals surface area contributed by atoms with Gasteiger partial charge in [0.05, 0.1) is 12.2 Å². The monoisotopic (exact) mass is 140 g/mol. The Morgan fingerprint density at radius 1 is 1.70 bits per heavy atom. The number of nitrogens with one attached hydrogen (secondary N) is 1. The summed E-state index contributed by atoms with van der Waals surface area (Å²) in [6.07, 6.45) is 2.51. The molecule has 2 atom stereocenters. The van der Waals surface area contributed by atoms with Crippen molar-refractivity contribution in [3.63, 3.8) is 0 Å². The highest BCUT2D eigenvalue weighted by atomic mass is 16.2. The minimum absolute atomic E-state index is 0.204. The first-order valence-corrected chi connectivity index (χ1v) is 3.85. The fourth-order valence-electron chi connectivity index (χ4n) is 1.92. The van der Waals surface area contributed by atoms with E-state index in [1.165, 1.54) is 6.42 Å². The van der Waals surface area contributed by atoms with Crippen molar-refractivity contribution in [3.05, 3.63) is 0 Å². The van der Waals surface area contributed by atoms with Gasteiger partial charge in [-0.3, -0.25) is 9.69 Å². The minimum Gasteiger partial charge on any atom is -0.339 e. The van der Waals surface area contributed by atoms with Crippen LogP contribution in [0.25, 0.3) is 0 Å². The second-order valence-corrected chi connectivity index (χ2v) is 3.08. The second-order valence-electron chi connectivity index (χ2n) is 3.08. The van der Waals surface area contributed by atoms with Gasteiger partial charge in [0.1, 0.15) is 0 Å². The molecule has 10 heavy (non-hydrogen) atoms. The van der Waals surface area contributed by atoms with E-state index in [1.54, 1.807) is 0 Å². The molecular formula is C7H12N2O. The molecule has 56 valence electrons. The van der Waals surface area contributed by atoms with Gasteiger partial charge in [0, 0.05) is 6.54 Å². The molecule has 2 aliphatic heterocycles. The van der Waals surface area contributed by atoms with Crippen molar-refractivity contribution in [2.45, 2.75) is 32.0 Å². The van der Waals surface area contributed by atoms with Crippen molar-refractivity contribution in [2.75, 3.05) is 6.54 Å². The summed E-state index contributed by atoms with van der Waals surface area (Å²) < 4.78 is 0. The maximum Gasteiger partial charge on any atom is 0.238 e. The van der Waals surface area contributed by atoms with Crippen molar-refractivity contribution in [1.82, 2.24) is 10.2 Å². The number of carbonyl (C=O) groups excluding carboxylic acids is 1. The molecule has 0 spiro atoms. The molecule has 2 fully saturated rings. The van der Waals surface area contributed by atoms with E-state index in [-0.39, 0.29) is 18.1 Å². The van der Waals surface area contributed by atoms with E-state index in [1.807, 2.05) is 6.92 Å². The molecule has 2 rings (SSSR count). The van der Waals surface area contributed by atoms with E-state index in [0.717, 1.165) is 13.0 Å². The van der Waals surface area contributed by atoms with Crippen LogP contribution in [0.1, 0.15) is 19.8 Å². The molecule has 0 saturated carbocycles. The van der Waals surface area contributed by atoms with Crippen LogP contribution >= 0.6 is 0 Å². The van der Waals surface area contributed by atoms with E-state index >= 15 is 0 Å². The highest BCUT2D eigenvalue weighted by Crippen LogP contribution is 2.23. The first kappa shape index (κ1) is 6.16. The van der Waals surface area contributed by atoms with Crippen LogP contribution in [0.3, 0.4) is 0 Å². The van der Waals surface area contributed by atoms with E-state index in [0.29, 0.717) is 0 Å². The van der Waals surface area contributed by atoms with Gasteiger partial charge in [-0.25, -0.2) is 0 Å². The van der Waals surface area contributed by atoms with Crippen LogP contribution in [0.5, 0.6) is 0 Å². The number of amides is 1. The smallest absolute Gasteiger partial charge is 0.238 e. The maximum atomic E-state index is 11.1. The summed E-state index contributed by atoms with van der Waals surface area (Å²) in [5, 5.41) is 2.91. The zero-order chi connectivity index (χ0) is 7.14. The van der Waals surface area contributed by atoms with E-state index in [9.17, 15) is 4.79 Å². The highest BCUT2D eigenvalue weighted by Gasteiger charge is 2.39. The standard InChI is InChI=1S/C7H12N2O/c1-5-8-7(10)6-3-2-4-9(5)6/h5-6H,2-4H2,1H3,(H,8,10)/t5-,6?/m1/s1. The highest BCUT2D eigenvalue weighted by molar-refractivity contribution is 5.84. The lowest BCUT2D eigenvalue weighted by molar-refractivity contribution is -0.121. The molecule has 0 bridgehead atoms. The number of hydrogen-bond acceptors (Lipinski definition) is 2. The van der Waals surface area contributed by atoms with Gasteiger partial charge < -0.3 is 5.32 Å². The average molecular weight is 140 g/mol. The van der Waals surface area contributed by atoms with Crippen molar-refractivity contribution in [1.29, 1.82) is 0 Å². The molecule has 2 heterocycles. The molecule has 1 N–H and O–H groups in total. The van der Waals surface area contributed by atoms with Gasteiger partial charge in [0.15, 0.2) is 0 Å². The number of hydrogen-bond donors (Lipinski definition) is 1. The molecule has 0 aromatic rings. The Hall–Kier alpha value is -0.570. The predicted octanol–water partition coefficient (Wildman–Crippen LogP) is -0.0734. The molecule has 0 aromatic heterocycles. The molecule has 0 radical (unpaired) electrons. The van der Waals surface area contributed by atoms with Crippen molar-refractivity contribution >= 4 is 5.91 Å². The summed E-state index contributed by atoms with van der Waals surface area (Å²) in [4.78, 5) is 13.4. The van der Waals surface area contributed by atoms with Crippen LogP contribution in [-0.2, 0) is 4.79 Å². The third-order valence-corrected chi connectivity index (χ3v) is 2.45. The van der Waals surface area contributed by atoms with Gasteiger partial charge in [0.2, 0.25) is 5.91 Å². The Morgan fingerprint density at radius 2 is 2.50 bits per heavy atom. The Kier molecular flexibility index (Phi) is 1.20. The number of nitrogens with zero attached hydrogens (tertiary/aromatic N) is 1. The Bertz CT molecular complexity index is 169. The lowest BCUT2D eigenvalue weighted by Gasteiger charge is -2.16. The Morgan fingerprint density at radius 3 is 3.20 bits per heavy atom. The molecule has 3 heteroatoms. The van der Waals surface area contributed by atoms with Gasteiger partial charge in [-0.15, -0.1) is 0 Å². The molecular weight excluding hydrogens is 128 g/mol. The summed E-state index contributed by atoms with van der Waals surface area (Å²) >= 11 is 0. The molecule has 1 amide bonds. The Balaban J connectivity index is 2.19. The molecule has 2 aliphatic rings. The molecule has 0 aromatic carbocycles. The third-order valence-electron chi connectivity index (χ3n) is 2.45. The normalized spacial score (nSPS) is 39.9. The van der Waals surface area contributed by atoms with Gasteiger partial charge in [-0.1, -0.05) is 0 Å². The van der Waals surface area contributed by atoms with E-state index < -0.39 is 0 Å². The summed E-state index contributed by atoms with van der Waals surface area (Å²) in [6, 6.07) is 0.204. The quantitative estimate of drug-likeness (QED) is 0.510.